The molecule has 3 heteroatoms. The summed E-state index contributed by atoms with van der Waals surface area (Å²) in [4.78, 5) is 11.9. The Kier molecular flexibility index (Phi) is 6.34. The summed E-state index contributed by atoms with van der Waals surface area (Å²) in [5.74, 6) is 0.343. The quantitative estimate of drug-likeness (QED) is 0.676. The van der Waals surface area contributed by atoms with Gasteiger partial charge in [-0.1, -0.05) is 34.6 Å². The zero-order valence-electron chi connectivity index (χ0n) is 10.6. The van der Waals surface area contributed by atoms with E-state index in [4.69, 9.17) is 0 Å². The lowest BCUT2D eigenvalue weighted by Gasteiger charge is -2.33. The molecule has 15 heavy (non-hydrogen) atoms. The van der Waals surface area contributed by atoms with Gasteiger partial charge in [0, 0.05) is 5.54 Å². The van der Waals surface area contributed by atoms with E-state index >= 15 is 0 Å². The summed E-state index contributed by atoms with van der Waals surface area (Å²) < 4.78 is 0. The highest BCUT2D eigenvalue weighted by atomic mass is 32.1. The van der Waals surface area contributed by atoms with Crippen LogP contribution in [-0.2, 0) is 4.79 Å². The van der Waals surface area contributed by atoms with E-state index in [1.165, 1.54) is 0 Å². The van der Waals surface area contributed by atoms with E-state index in [0.717, 1.165) is 19.3 Å². The molecular formula is C12H25NOS. The van der Waals surface area contributed by atoms with Gasteiger partial charge in [0.25, 0.3) is 0 Å². The van der Waals surface area contributed by atoms with Gasteiger partial charge in [-0.15, -0.1) is 0 Å². The minimum atomic E-state index is -0.200. The minimum absolute atomic E-state index is 0.0348. The highest BCUT2D eigenvalue weighted by molar-refractivity contribution is 7.81. The SMILES string of the molecule is CCC(CC)(CC)NC(=O)C(S)C(C)C. The predicted molar refractivity (Wildman–Crippen MR) is 69.4 cm³/mol. The normalized spacial score (nSPS) is 14.1. The molecule has 1 N–H and O–H groups in total. The molecule has 0 aromatic rings. The largest absolute Gasteiger partial charge is 0.350 e. The Morgan fingerprint density at radius 3 is 1.87 bits per heavy atom. The van der Waals surface area contributed by atoms with Crippen LogP contribution in [0.5, 0.6) is 0 Å². The van der Waals surface area contributed by atoms with E-state index in [1.54, 1.807) is 0 Å². The van der Waals surface area contributed by atoms with Gasteiger partial charge in [-0.3, -0.25) is 4.79 Å². The first-order chi connectivity index (χ1) is 6.92. The van der Waals surface area contributed by atoms with Crippen molar-refractivity contribution < 1.29 is 4.79 Å². The molecule has 0 aliphatic rings. The van der Waals surface area contributed by atoms with Crippen LogP contribution < -0.4 is 5.32 Å². The van der Waals surface area contributed by atoms with Crippen molar-refractivity contribution in [1.82, 2.24) is 5.32 Å². The molecule has 0 fully saturated rings. The fourth-order valence-electron chi connectivity index (χ4n) is 1.65. The number of amides is 1. The Morgan fingerprint density at radius 2 is 1.60 bits per heavy atom. The van der Waals surface area contributed by atoms with Crippen molar-refractivity contribution in [3.63, 3.8) is 0 Å². The van der Waals surface area contributed by atoms with Gasteiger partial charge < -0.3 is 5.32 Å². The van der Waals surface area contributed by atoms with E-state index in [2.05, 4.69) is 38.7 Å². The van der Waals surface area contributed by atoms with Crippen LogP contribution in [0.4, 0.5) is 0 Å². The van der Waals surface area contributed by atoms with Crippen LogP contribution in [0.2, 0.25) is 0 Å². The summed E-state index contributed by atoms with van der Waals surface area (Å²) in [5, 5.41) is 2.95. The van der Waals surface area contributed by atoms with Crippen LogP contribution in [0.25, 0.3) is 0 Å². The topological polar surface area (TPSA) is 29.1 Å². The van der Waals surface area contributed by atoms with Crippen molar-refractivity contribution in [3.8, 4) is 0 Å². The fraction of sp³-hybridized carbons (Fsp3) is 0.917. The molecule has 0 aliphatic carbocycles. The molecule has 0 bridgehead atoms. The van der Waals surface area contributed by atoms with Crippen LogP contribution in [0.3, 0.4) is 0 Å². The molecule has 1 amide bonds. The predicted octanol–water partition coefficient (Wildman–Crippen LogP) is 3.03. The van der Waals surface area contributed by atoms with Crippen LogP contribution in [-0.4, -0.2) is 16.7 Å². The van der Waals surface area contributed by atoms with Crippen molar-refractivity contribution in [2.45, 2.75) is 64.7 Å². The summed E-state index contributed by atoms with van der Waals surface area (Å²) in [6.45, 7) is 10.4. The van der Waals surface area contributed by atoms with Crippen molar-refractivity contribution >= 4 is 18.5 Å². The first-order valence-electron chi connectivity index (χ1n) is 5.92. The van der Waals surface area contributed by atoms with Gasteiger partial charge in [-0.2, -0.15) is 12.6 Å². The number of hydrogen-bond donors (Lipinski definition) is 2. The second kappa shape index (κ2) is 6.41. The van der Waals surface area contributed by atoms with E-state index in [0.29, 0.717) is 0 Å². The van der Waals surface area contributed by atoms with E-state index in [9.17, 15) is 4.79 Å². The molecule has 0 aromatic heterocycles. The van der Waals surface area contributed by atoms with Gasteiger partial charge in [0.2, 0.25) is 5.91 Å². The van der Waals surface area contributed by atoms with Gasteiger partial charge in [-0.25, -0.2) is 0 Å². The van der Waals surface area contributed by atoms with Crippen LogP contribution in [0, 0.1) is 5.92 Å². The van der Waals surface area contributed by atoms with Gasteiger partial charge in [0.1, 0.15) is 0 Å². The van der Waals surface area contributed by atoms with Crippen LogP contribution >= 0.6 is 12.6 Å². The highest BCUT2D eigenvalue weighted by Crippen LogP contribution is 2.20. The standard InChI is InChI=1S/C12H25NOS/c1-6-12(7-2,8-3)13-11(14)10(15)9(4)5/h9-10,15H,6-8H2,1-5H3,(H,13,14). The first kappa shape index (κ1) is 14.8. The van der Waals surface area contributed by atoms with E-state index in [-0.39, 0.29) is 22.6 Å². The smallest absolute Gasteiger partial charge is 0.233 e. The molecule has 90 valence electrons. The van der Waals surface area contributed by atoms with Crippen molar-refractivity contribution in [3.05, 3.63) is 0 Å². The number of rotatable bonds is 6. The van der Waals surface area contributed by atoms with Gasteiger partial charge in [-0.05, 0) is 25.2 Å². The molecule has 0 aliphatic heterocycles. The summed E-state index contributed by atoms with van der Waals surface area (Å²) in [6, 6.07) is 0. The Labute approximate surface area is 99.6 Å². The maximum absolute atomic E-state index is 11.9. The second-order valence-electron chi connectivity index (χ2n) is 4.52. The zero-order chi connectivity index (χ0) is 12.1. The number of thiol groups is 1. The Balaban J connectivity index is 4.48. The first-order valence-corrected chi connectivity index (χ1v) is 6.44. The van der Waals surface area contributed by atoms with Gasteiger partial charge in [0.05, 0.1) is 5.25 Å². The zero-order valence-corrected chi connectivity index (χ0v) is 11.5. The van der Waals surface area contributed by atoms with Gasteiger partial charge >= 0.3 is 0 Å². The Morgan fingerprint density at radius 1 is 1.20 bits per heavy atom. The molecular weight excluding hydrogens is 206 g/mol. The lowest BCUT2D eigenvalue weighted by molar-refractivity contribution is -0.123. The van der Waals surface area contributed by atoms with Crippen LogP contribution in [0.15, 0.2) is 0 Å². The number of hydrogen-bond acceptors (Lipinski definition) is 2. The monoisotopic (exact) mass is 231 g/mol. The molecule has 0 heterocycles. The van der Waals surface area contributed by atoms with Gasteiger partial charge in [0.15, 0.2) is 0 Å². The maximum atomic E-state index is 11.9. The summed E-state index contributed by atoms with van der Waals surface area (Å²) in [7, 11) is 0. The molecule has 0 saturated heterocycles. The number of carbonyl (C=O) groups excluding carboxylic acids is 1. The Bertz CT molecular complexity index is 192. The number of carbonyl (C=O) groups is 1. The van der Waals surface area contributed by atoms with Crippen LogP contribution in [0.1, 0.15) is 53.9 Å². The molecule has 0 saturated carbocycles. The number of nitrogens with one attached hydrogen (secondary N) is 1. The average Bonchev–Trinajstić information content (AvgIpc) is 2.24. The Hall–Kier alpha value is -0.180. The lowest BCUT2D eigenvalue weighted by Crippen LogP contribution is -2.50. The third-order valence-electron chi connectivity index (χ3n) is 3.32. The highest BCUT2D eigenvalue weighted by Gasteiger charge is 2.28. The minimum Gasteiger partial charge on any atom is -0.350 e. The summed E-state index contributed by atoms with van der Waals surface area (Å²) in [5.41, 5.74) is -0.0348. The molecule has 0 radical (unpaired) electrons. The van der Waals surface area contributed by atoms with Crippen molar-refractivity contribution in [2.24, 2.45) is 5.92 Å². The third-order valence-corrected chi connectivity index (χ3v) is 4.15. The van der Waals surface area contributed by atoms with Crippen molar-refractivity contribution in [2.75, 3.05) is 0 Å². The summed E-state index contributed by atoms with van der Waals surface area (Å²) in [6.07, 6.45) is 2.93. The molecule has 1 unspecified atom stereocenters. The third kappa shape index (κ3) is 4.06. The molecule has 0 aromatic carbocycles. The maximum Gasteiger partial charge on any atom is 0.233 e. The van der Waals surface area contributed by atoms with E-state index in [1.807, 2.05) is 13.8 Å². The van der Waals surface area contributed by atoms with E-state index < -0.39 is 0 Å². The fourth-order valence-corrected chi connectivity index (χ4v) is 1.72. The lowest BCUT2D eigenvalue weighted by atomic mass is 9.89. The van der Waals surface area contributed by atoms with Crippen molar-refractivity contribution in [1.29, 1.82) is 0 Å². The molecule has 0 spiro atoms. The molecule has 0 rings (SSSR count). The average molecular weight is 231 g/mol. The summed E-state index contributed by atoms with van der Waals surface area (Å²) >= 11 is 4.34. The second-order valence-corrected chi connectivity index (χ2v) is 5.08. The molecule has 1 atom stereocenters. The molecule has 2 nitrogen and oxygen atoms in total.